The lowest BCUT2D eigenvalue weighted by atomic mass is 9.43. The van der Waals surface area contributed by atoms with Crippen molar-refractivity contribution in [3.05, 3.63) is 35.9 Å². The van der Waals surface area contributed by atoms with Crippen LogP contribution < -0.4 is 5.73 Å². The topological polar surface area (TPSA) is 61.6 Å². The standard InChI is InChI=1S/C26H40BNO3/c1-5-6-8-13-21(28)22(29)15-14-20(18-11-9-7-10-12-18)27-30-24-17-19-16-23(25(19,2)3)26(24,4)31-27/h7,9-12,19-21,23-24H,5-6,8,13-17,28H2,1-4H3/t19?,20-,21-,23?,24?,26+/m0/s1. The van der Waals surface area contributed by atoms with E-state index in [9.17, 15) is 4.79 Å². The minimum absolute atomic E-state index is 0.0516. The van der Waals surface area contributed by atoms with Crippen molar-refractivity contribution in [2.24, 2.45) is 23.0 Å². The molecule has 2 N–H and O–H groups in total. The van der Waals surface area contributed by atoms with Gasteiger partial charge in [0, 0.05) is 12.2 Å². The number of hydrogen-bond acceptors (Lipinski definition) is 4. The molecule has 1 aromatic carbocycles. The molecule has 0 aromatic heterocycles. The summed E-state index contributed by atoms with van der Waals surface area (Å²) in [4.78, 5) is 12.7. The molecule has 1 aromatic rings. The van der Waals surface area contributed by atoms with E-state index in [1.165, 1.54) is 12.0 Å². The lowest BCUT2D eigenvalue weighted by Crippen LogP contribution is -2.65. The predicted molar refractivity (Wildman–Crippen MR) is 126 cm³/mol. The predicted octanol–water partition coefficient (Wildman–Crippen LogP) is 5.29. The normalized spacial score (nSPS) is 32.8. The van der Waals surface area contributed by atoms with Crippen molar-refractivity contribution in [2.75, 3.05) is 0 Å². The van der Waals surface area contributed by atoms with Gasteiger partial charge in [0.1, 0.15) is 5.78 Å². The molecule has 0 radical (unpaired) electrons. The molecular weight excluding hydrogens is 385 g/mol. The zero-order chi connectivity index (χ0) is 22.2. The first-order chi connectivity index (χ1) is 14.8. The first-order valence-corrected chi connectivity index (χ1v) is 12.4. The molecule has 1 heterocycles. The summed E-state index contributed by atoms with van der Waals surface area (Å²) in [5.41, 5.74) is 7.48. The van der Waals surface area contributed by atoms with Crippen molar-refractivity contribution < 1.29 is 14.1 Å². The summed E-state index contributed by atoms with van der Waals surface area (Å²) in [5, 5.41) is 0. The van der Waals surface area contributed by atoms with Crippen molar-refractivity contribution in [2.45, 2.75) is 103 Å². The molecule has 1 aliphatic heterocycles. The van der Waals surface area contributed by atoms with E-state index in [4.69, 9.17) is 15.0 Å². The van der Waals surface area contributed by atoms with Crippen LogP contribution >= 0.6 is 0 Å². The first kappa shape index (κ1) is 23.0. The summed E-state index contributed by atoms with van der Waals surface area (Å²) >= 11 is 0. The molecule has 4 aliphatic rings. The van der Waals surface area contributed by atoms with Crippen LogP contribution in [-0.4, -0.2) is 30.6 Å². The molecule has 170 valence electrons. The van der Waals surface area contributed by atoms with Crippen LogP contribution in [0.5, 0.6) is 0 Å². The first-order valence-electron chi connectivity index (χ1n) is 12.4. The Morgan fingerprint density at radius 1 is 1.16 bits per heavy atom. The fourth-order valence-corrected chi connectivity index (χ4v) is 6.49. The molecule has 31 heavy (non-hydrogen) atoms. The van der Waals surface area contributed by atoms with Gasteiger partial charge in [0.25, 0.3) is 0 Å². The number of carbonyl (C=O) groups excluding carboxylic acids is 1. The Hall–Kier alpha value is -1.17. The van der Waals surface area contributed by atoms with E-state index < -0.39 is 0 Å². The Balaban J connectivity index is 1.45. The monoisotopic (exact) mass is 425 g/mol. The average Bonchev–Trinajstić information content (AvgIpc) is 3.11. The maximum atomic E-state index is 12.7. The summed E-state index contributed by atoms with van der Waals surface area (Å²) in [5.74, 6) is 1.49. The number of benzene rings is 1. The van der Waals surface area contributed by atoms with E-state index in [1.807, 2.05) is 6.07 Å². The van der Waals surface area contributed by atoms with Gasteiger partial charge in [-0.2, -0.15) is 0 Å². The minimum Gasteiger partial charge on any atom is -0.405 e. The van der Waals surface area contributed by atoms with E-state index in [0.29, 0.717) is 17.8 Å². The fraction of sp³-hybridized carbons (Fsp3) is 0.731. The van der Waals surface area contributed by atoms with E-state index in [0.717, 1.165) is 44.4 Å². The van der Waals surface area contributed by atoms with Crippen LogP contribution in [0.3, 0.4) is 0 Å². The van der Waals surface area contributed by atoms with Gasteiger partial charge in [0.2, 0.25) is 0 Å². The molecule has 3 aliphatic carbocycles. The van der Waals surface area contributed by atoms with Gasteiger partial charge in [-0.3, -0.25) is 4.79 Å². The number of nitrogens with two attached hydrogens (primary N) is 1. The van der Waals surface area contributed by atoms with Crippen molar-refractivity contribution >= 4 is 12.9 Å². The largest absolute Gasteiger partial charge is 0.465 e. The second-order valence-corrected chi connectivity index (χ2v) is 11.0. The number of carbonyl (C=O) groups is 1. The van der Waals surface area contributed by atoms with E-state index >= 15 is 0 Å². The van der Waals surface area contributed by atoms with Crippen LogP contribution in [-0.2, 0) is 14.1 Å². The van der Waals surface area contributed by atoms with Crippen molar-refractivity contribution in [1.82, 2.24) is 0 Å². The number of ketones is 1. The third-order valence-electron chi connectivity index (χ3n) is 8.76. The van der Waals surface area contributed by atoms with Crippen molar-refractivity contribution in [3.63, 3.8) is 0 Å². The van der Waals surface area contributed by atoms with Gasteiger partial charge >= 0.3 is 7.12 Å². The van der Waals surface area contributed by atoms with Crippen molar-refractivity contribution in [3.8, 4) is 0 Å². The SMILES string of the molecule is CCCCC[C@H](N)C(=O)CC[C@H](B1OC2CC3CC(C3(C)C)[C@@]2(C)O1)c1ccccc1. The van der Waals surface area contributed by atoms with Crippen LogP contribution in [0, 0.1) is 17.3 Å². The molecule has 2 bridgehead atoms. The van der Waals surface area contributed by atoms with E-state index in [1.54, 1.807) is 0 Å². The third-order valence-corrected chi connectivity index (χ3v) is 8.76. The Kier molecular flexibility index (Phi) is 6.68. The zero-order valence-electron chi connectivity index (χ0n) is 19.8. The zero-order valence-corrected chi connectivity index (χ0v) is 19.8. The summed E-state index contributed by atoms with van der Waals surface area (Å²) in [6.07, 6.45) is 7.78. The minimum atomic E-state index is -0.346. The van der Waals surface area contributed by atoms with Crippen LogP contribution in [0.2, 0.25) is 0 Å². The number of unbranched alkanes of at least 4 members (excludes halogenated alkanes) is 2. The molecule has 3 saturated carbocycles. The van der Waals surface area contributed by atoms with Crippen LogP contribution in [0.15, 0.2) is 30.3 Å². The van der Waals surface area contributed by atoms with E-state index in [2.05, 4.69) is 52.0 Å². The van der Waals surface area contributed by atoms with Gasteiger partial charge in [-0.25, -0.2) is 0 Å². The maximum absolute atomic E-state index is 12.7. The number of hydrogen-bond donors (Lipinski definition) is 1. The van der Waals surface area contributed by atoms with Gasteiger partial charge in [0.15, 0.2) is 0 Å². The van der Waals surface area contributed by atoms with Crippen LogP contribution in [0.4, 0.5) is 0 Å². The number of rotatable bonds is 10. The third kappa shape index (κ3) is 4.26. The molecule has 0 amide bonds. The van der Waals surface area contributed by atoms with E-state index in [-0.39, 0.29) is 36.5 Å². The smallest absolute Gasteiger partial charge is 0.405 e. The molecule has 5 heteroatoms. The van der Waals surface area contributed by atoms with Gasteiger partial charge in [-0.05, 0) is 55.4 Å². The van der Waals surface area contributed by atoms with Gasteiger partial charge in [-0.15, -0.1) is 0 Å². The average molecular weight is 425 g/mol. The fourth-order valence-electron chi connectivity index (χ4n) is 6.49. The van der Waals surface area contributed by atoms with Gasteiger partial charge in [-0.1, -0.05) is 70.4 Å². The van der Waals surface area contributed by atoms with Crippen LogP contribution in [0.25, 0.3) is 0 Å². The molecule has 0 spiro atoms. The number of Topliss-reactive ketones (excluding diaryl/α,β-unsaturated/α-hetero) is 1. The van der Waals surface area contributed by atoms with Gasteiger partial charge in [0.05, 0.1) is 17.7 Å². The Labute approximate surface area is 188 Å². The van der Waals surface area contributed by atoms with Crippen LogP contribution in [0.1, 0.15) is 90.4 Å². The molecule has 4 fully saturated rings. The maximum Gasteiger partial charge on any atom is 0.465 e. The lowest BCUT2D eigenvalue weighted by molar-refractivity contribution is -0.199. The summed E-state index contributed by atoms with van der Waals surface area (Å²) in [6, 6.07) is 10.1. The molecule has 5 rings (SSSR count). The molecule has 4 nitrogen and oxygen atoms in total. The lowest BCUT2D eigenvalue weighted by Gasteiger charge is -2.64. The molecule has 3 unspecified atom stereocenters. The quantitative estimate of drug-likeness (QED) is 0.409. The molecule has 1 saturated heterocycles. The Morgan fingerprint density at radius 2 is 1.90 bits per heavy atom. The van der Waals surface area contributed by atoms with Crippen molar-refractivity contribution in [1.29, 1.82) is 0 Å². The highest BCUT2D eigenvalue weighted by Crippen LogP contribution is 2.66. The summed E-state index contributed by atoms with van der Waals surface area (Å²) < 4.78 is 13.3. The highest BCUT2D eigenvalue weighted by molar-refractivity contribution is 6.47. The highest BCUT2D eigenvalue weighted by Gasteiger charge is 2.68. The summed E-state index contributed by atoms with van der Waals surface area (Å²) in [7, 11) is -0.295. The second kappa shape index (κ2) is 9.00. The second-order valence-electron chi connectivity index (χ2n) is 11.0. The molecular formula is C26H40BNO3. The Morgan fingerprint density at radius 3 is 2.58 bits per heavy atom. The highest BCUT2D eigenvalue weighted by atomic mass is 16.7. The summed E-state index contributed by atoms with van der Waals surface area (Å²) in [6.45, 7) is 9.20. The molecule has 6 atom stereocenters. The van der Waals surface area contributed by atoms with Gasteiger partial charge < -0.3 is 15.0 Å². The Bertz CT molecular complexity index is 769.